The van der Waals surface area contributed by atoms with Crippen molar-refractivity contribution in [2.45, 2.75) is 26.4 Å². The van der Waals surface area contributed by atoms with Crippen LogP contribution in [0.2, 0.25) is 0 Å². The standard InChI is InChI=1S/C24H20BrNO4/c1-14-5-6-15(2)17(12-14)13-26-21(19-4-3-11-30-19)20(23(28)24(26)29)22(27)16-7-9-18(25)10-8-16/h3-12,21,27H,13H2,1-2H3/b22-20-. The first kappa shape index (κ1) is 20.2. The maximum atomic E-state index is 13.0. The monoisotopic (exact) mass is 465 g/mol. The van der Waals surface area contributed by atoms with Gasteiger partial charge in [-0.1, -0.05) is 51.8 Å². The minimum atomic E-state index is -0.802. The second kappa shape index (κ2) is 7.95. The number of hydrogen-bond donors (Lipinski definition) is 1. The average molecular weight is 466 g/mol. The third-order valence-corrected chi connectivity index (χ3v) is 5.84. The van der Waals surface area contributed by atoms with Crippen molar-refractivity contribution in [1.82, 2.24) is 4.90 Å². The van der Waals surface area contributed by atoms with Crippen LogP contribution in [-0.4, -0.2) is 21.7 Å². The zero-order valence-electron chi connectivity index (χ0n) is 16.6. The number of hydrogen-bond acceptors (Lipinski definition) is 4. The summed E-state index contributed by atoms with van der Waals surface area (Å²) in [7, 11) is 0. The van der Waals surface area contributed by atoms with Gasteiger partial charge >= 0.3 is 0 Å². The Hall–Kier alpha value is -3.12. The van der Waals surface area contributed by atoms with Crippen LogP contribution in [0.25, 0.3) is 5.76 Å². The summed E-state index contributed by atoms with van der Waals surface area (Å²) in [5, 5.41) is 11.0. The summed E-state index contributed by atoms with van der Waals surface area (Å²) in [6, 6.07) is 15.5. The van der Waals surface area contributed by atoms with E-state index in [4.69, 9.17) is 4.42 Å². The number of Topliss-reactive ketones (excluding diaryl/α,β-unsaturated/α-hetero) is 1. The minimum absolute atomic E-state index is 0.0302. The number of likely N-dealkylation sites (tertiary alicyclic amines) is 1. The molecule has 30 heavy (non-hydrogen) atoms. The summed E-state index contributed by atoms with van der Waals surface area (Å²) >= 11 is 3.36. The van der Waals surface area contributed by atoms with Crippen LogP contribution < -0.4 is 0 Å². The molecule has 3 aromatic rings. The predicted molar refractivity (Wildman–Crippen MR) is 117 cm³/mol. The molecule has 5 nitrogen and oxygen atoms in total. The molecule has 0 radical (unpaired) electrons. The zero-order chi connectivity index (χ0) is 21.4. The maximum absolute atomic E-state index is 13.0. The van der Waals surface area contributed by atoms with Gasteiger partial charge in [-0.15, -0.1) is 0 Å². The summed E-state index contributed by atoms with van der Waals surface area (Å²) in [5.74, 6) is -1.16. The SMILES string of the molecule is Cc1ccc(C)c(CN2C(=O)C(=O)/C(=C(\O)c3ccc(Br)cc3)C2c2ccco2)c1. The Morgan fingerprint density at radius 2 is 1.83 bits per heavy atom. The minimum Gasteiger partial charge on any atom is -0.507 e. The fourth-order valence-electron chi connectivity index (χ4n) is 3.70. The molecule has 4 rings (SSSR count). The van der Waals surface area contributed by atoms with Gasteiger partial charge in [-0.25, -0.2) is 0 Å². The molecule has 152 valence electrons. The Labute approximate surface area is 182 Å². The lowest BCUT2D eigenvalue weighted by molar-refractivity contribution is -0.140. The quantitative estimate of drug-likeness (QED) is 0.323. The van der Waals surface area contributed by atoms with Gasteiger partial charge in [-0.05, 0) is 49.2 Å². The van der Waals surface area contributed by atoms with E-state index in [1.807, 2.05) is 32.0 Å². The van der Waals surface area contributed by atoms with Crippen LogP contribution in [0.5, 0.6) is 0 Å². The van der Waals surface area contributed by atoms with Crippen molar-refractivity contribution >= 4 is 33.4 Å². The van der Waals surface area contributed by atoms with E-state index in [1.54, 1.807) is 36.4 Å². The lowest BCUT2D eigenvalue weighted by atomic mass is 9.99. The Morgan fingerprint density at radius 3 is 2.50 bits per heavy atom. The highest BCUT2D eigenvalue weighted by atomic mass is 79.9. The summed E-state index contributed by atoms with van der Waals surface area (Å²) in [4.78, 5) is 27.4. The number of nitrogens with zero attached hydrogens (tertiary/aromatic N) is 1. The van der Waals surface area contributed by atoms with Crippen molar-refractivity contribution in [3.63, 3.8) is 0 Å². The number of ketones is 1. The zero-order valence-corrected chi connectivity index (χ0v) is 18.1. The molecule has 1 aliphatic rings. The number of aliphatic hydroxyl groups is 1. The molecule has 6 heteroatoms. The van der Waals surface area contributed by atoms with Crippen LogP contribution in [0.1, 0.15) is 34.1 Å². The Morgan fingerprint density at radius 1 is 1.10 bits per heavy atom. The number of carbonyl (C=O) groups excluding carboxylic acids is 2. The molecule has 1 amide bonds. The first-order valence-corrected chi connectivity index (χ1v) is 10.3. The molecule has 1 fully saturated rings. The highest BCUT2D eigenvalue weighted by Crippen LogP contribution is 2.40. The summed E-state index contributed by atoms with van der Waals surface area (Å²) in [6.07, 6.45) is 1.49. The fraction of sp³-hybridized carbons (Fsp3) is 0.167. The van der Waals surface area contributed by atoms with Gasteiger partial charge in [0.2, 0.25) is 0 Å². The van der Waals surface area contributed by atoms with Crippen LogP contribution in [-0.2, 0) is 16.1 Å². The number of furan rings is 1. The van der Waals surface area contributed by atoms with Crippen molar-refractivity contribution in [2.75, 3.05) is 0 Å². The van der Waals surface area contributed by atoms with Crippen molar-refractivity contribution in [3.8, 4) is 0 Å². The lowest BCUT2D eigenvalue weighted by Gasteiger charge is -2.24. The molecule has 2 aromatic carbocycles. The molecule has 1 unspecified atom stereocenters. The van der Waals surface area contributed by atoms with E-state index in [0.717, 1.165) is 21.2 Å². The van der Waals surface area contributed by atoms with E-state index < -0.39 is 17.7 Å². The molecule has 1 aromatic heterocycles. The van der Waals surface area contributed by atoms with Gasteiger partial charge in [-0.2, -0.15) is 0 Å². The van der Waals surface area contributed by atoms with Crippen molar-refractivity contribution in [1.29, 1.82) is 0 Å². The van der Waals surface area contributed by atoms with Crippen LogP contribution in [0.15, 0.2) is 75.3 Å². The number of benzene rings is 2. The second-order valence-electron chi connectivity index (χ2n) is 7.38. The molecular formula is C24H20BrNO4. The molecule has 0 spiro atoms. The first-order chi connectivity index (χ1) is 14.4. The van der Waals surface area contributed by atoms with Gasteiger partial charge in [0, 0.05) is 16.6 Å². The molecule has 0 aliphatic carbocycles. The molecule has 1 N–H and O–H groups in total. The number of halogens is 1. The van der Waals surface area contributed by atoms with Crippen molar-refractivity contribution in [2.24, 2.45) is 0 Å². The lowest BCUT2D eigenvalue weighted by Crippen LogP contribution is -2.29. The van der Waals surface area contributed by atoms with Gasteiger partial charge in [0.05, 0.1) is 11.8 Å². The van der Waals surface area contributed by atoms with E-state index in [2.05, 4.69) is 15.9 Å². The molecule has 0 bridgehead atoms. The van der Waals surface area contributed by atoms with Crippen molar-refractivity contribution in [3.05, 3.63) is 98.9 Å². The smallest absolute Gasteiger partial charge is 0.296 e. The van der Waals surface area contributed by atoms with Gasteiger partial charge in [0.1, 0.15) is 17.6 Å². The topological polar surface area (TPSA) is 70.8 Å². The molecule has 0 saturated carbocycles. The van der Waals surface area contributed by atoms with E-state index >= 15 is 0 Å². The van der Waals surface area contributed by atoms with Gasteiger partial charge in [0.15, 0.2) is 0 Å². The summed E-state index contributed by atoms with van der Waals surface area (Å²) in [6.45, 7) is 4.18. The van der Waals surface area contributed by atoms with Crippen LogP contribution in [0.3, 0.4) is 0 Å². The Bertz CT molecular complexity index is 1150. The Kier molecular flexibility index (Phi) is 5.35. The van der Waals surface area contributed by atoms with Crippen LogP contribution in [0.4, 0.5) is 0 Å². The molecular weight excluding hydrogens is 446 g/mol. The van der Waals surface area contributed by atoms with E-state index in [-0.39, 0.29) is 17.9 Å². The van der Waals surface area contributed by atoms with Crippen LogP contribution in [0, 0.1) is 13.8 Å². The number of rotatable bonds is 4. The number of carbonyl (C=O) groups is 2. The first-order valence-electron chi connectivity index (χ1n) is 9.50. The van der Waals surface area contributed by atoms with Crippen LogP contribution >= 0.6 is 15.9 Å². The summed E-state index contributed by atoms with van der Waals surface area (Å²) < 4.78 is 6.42. The average Bonchev–Trinajstić information content (AvgIpc) is 3.33. The molecule has 1 aliphatic heterocycles. The summed E-state index contributed by atoms with van der Waals surface area (Å²) in [5.41, 5.74) is 3.52. The van der Waals surface area contributed by atoms with Gasteiger partial charge in [0.25, 0.3) is 11.7 Å². The van der Waals surface area contributed by atoms with Gasteiger partial charge in [-0.3, -0.25) is 9.59 Å². The van der Waals surface area contributed by atoms with Crippen molar-refractivity contribution < 1.29 is 19.1 Å². The number of amides is 1. The highest BCUT2D eigenvalue weighted by molar-refractivity contribution is 9.10. The third kappa shape index (κ3) is 3.59. The van der Waals surface area contributed by atoms with E-state index in [1.165, 1.54) is 11.2 Å². The fourth-order valence-corrected chi connectivity index (χ4v) is 3.97. The molecule has 1 atom stereocenters. The number of aliphatic hydroxyl groups excluding tert-OH is 1. The van der Waals surface area contributed by atoms with E-state index in [0.29, 0.717) is 11.3 Å². The second-order valence-corrected chi connectivity index (χ2v) is 8.29. The predicted octanol–water partition coefficient (Wildman–Crippen LogP) is 5.28. The maximum Gasteiger partial charge on any atom is 0.296 e. The normalized spacial score (nSPS) is 18.2. The third-order valence-electron chi connectivity index (χ3n) is 5.32. The highest BCUT2D eigenvalue weighted by Gasteiger charge is 2.47. The van der Waals surface area contributed by atoms with E-state index in [9.17, 15) is 14.7 Å². The van der Waals surface area contributed by atoms with Gasteiger partial charge < -0.3 is 14.4 Å². The molecule has 1 saturated heterocycles. The molecule has 2 heterocycles. The Balaban J connectivity index is 1.84. The largest absolute Gasteiger partial charge is 0.507 e. The number of aryl methyl sites for hydroxylation is 2.